The van der Waals surface area contributed by atoms with Crippen LogP contribution in [0.4, 0.5) is 0 Å². The quantitative estimate of drug-likeness (QED) is 0.178. The standard InChI is InChI=1S/C32H18N8.Co.Fe/c1-2-10-18-17(9-1)25-33-26(18)38-28-21-13-5-6-14-22(21)30(35-28)40-32-24-16-8-7-15-23(24)31(36-32)39-29-20-12-4-3-11-19(20)27(34-29)37-25;;/h1-16H,(H2,33,34,35,36,37,38,39,40);;. The first-order valence-electron chi connectivity index (χ1n) is 13.0. The molecule has 203 valence electrons. The van der Waals surface area contributed by atoms with Crippen LogP contribution in [0.2, 0.25) is 0 Å². The summed E-state index contributed by atoms with van der Waals surface area (Å²) in [6.07, 6.45) is 0. The molecule has 10 heteroatoms. The van der Waals surface area contributed by atoms with Gasteiger partial charge in [-0.15, -0.1) is 0 Å². The molecule has 8 bridgehead atoms. The molecule has 4 aromatic carbocycles. The molecule has 0 atom stereocenters. The molecular formula is C32H18CoFeN8. The maximum atomic E-state index is 5.02. The van der Waals surface area contributed by atoms with Crippen molar-refractivity contribution in [2.75, 3.05) is 0 Å². The van der Waals surface area contributed by atoms with Crippen LogP contribution in [0.1, 0.15) is 0 Å². The molecule has 5 heterocycles. The number of aromatic nitrogens is 8. The summed E-state index contributed by atoms with van der Waals surface area (Å²) in [5.41, 5.74) is 6.45. The van der Waals surface area contributed by atoms with Crippen molar-refractivity contribution in [3.8, 4) is 45.6 Å². The van der Waals surface area contributed by atoms with Crippen molar-refractivity contribution in [3.05, 3.63) is 97.1 Å². The molecule has 9 rings (SSSR count). The van der Waals surface area contributed by atoms with Gasteiger partial charge in [-0.1, -0.05) is 97.1 Å². The van der Waals surface area contributed by atoms with E-state index in [0.717, 1.165) is 43.8 Å². The summed E-state index contributed by atoms with van der Waals surface area (Å²) in [5, 5.41) is 3.82. The average molecular weight is 629 g/mol. The van der Waals surface area contributed by atoms with Gasteiger partial charge in [0.1, 0.15) is 22.6 Å². The molecule has 2 aliphatic heterocycles. The largest absolute Gasteiger partial charge is 0.324 e. The van der Waals surface area contributed by atoms with Crippen LogP contribution in [0.5, 0.6) is 0 Å². The van der Waals surface area contributed by atoms with Crippen LogP contribution in [0.25, 0.3) is 89.7 Å². The monoisotopic (exact) mass is 629 g/mol. The molecule has 7 aromatic rings. The van der Waals surface area contributed by atoms with Crippen molar-refractivity contribution in [3.63, 3.8) is 0 Å². The first kappa shape index (κ1) is 26.2. The smallest absolute Gasteiger partial charge is 0.164 e. The number of hydrogen-bond donors (Lipinski definition) is 2. The van der Waals surface area contributed by atoms with Gasteiger partial charge in [0.15, 0.2) is 23.3 Å². The Labute approximate surface area is 259 Å². The van der Waals surface area contributed by atoms with E-state index in [-0.39, 0.29) is 33.8 Å². The molecule has 0 unspecified atom stereocenters. The van der Waals surface area contributed by atoms with Crippen molar-refractivity contribution in [1.29, 1.82) is 0 Å². The minimum absolute atomic E-state index is 0. The van der Waals surface area contributed by atoms with Crippen LogP contribution in [-0.4, -0.2) is 39.9 Å². The first-order valence-corrected chi connectivity index (χ1v) is 13.0. The van der Waals surface area contributed by atoms with Gasteiger partial charge in [0.2, 0.25) is 0 Å². The van der Waals surface area contributed by atoms with Crippen molar-refractivity contribution in [2.24, 2.45) is 0 Å². The summed E-state index contributed by atoms with van der Waals surface area (Å²) in [7, 11) is 0. The fraction of sp³-hybridized carbons (Fsp3) is 0. The van der Waals surface area contributed by atoms with E-state index in [0.29, 0.717) is 45.9 Å². The SMILES string of the molecule is [Co].[Fe].c1ccc2c(c1)-c1nc-2nc2[nH]c(nc3nc(nc4[nH]c(n1)c1ccccc41)-c1ccccc1-3)c1ccccc21. The molecule has 1 radical (unpaired) electrons. The molecule has 0 saturated carbocycles. The van der Waals surface area contributed by atoms with Gasteiger partial charge in [-0.25, -0.2) is 29.9 Å². The van der Waals surface area contributed by atoms with Crippen molar-refractivity contribution < 1.29 is 33.8 Å². The van der Waals surface area contributed by atoms with Crippen LogP contribution in [0.15, 0.2) is 97.1 Å². The fourth-order valence-electron chi connectivity index (χ4n) is 5.59. The van der Waals surface area contributed by atoms with E-state index in [4.69, 9.17) is 29.9 Å². The van der Waals surface area contributed by atoms with E-state index in [1.807, 2.05) is 97.1 Å². The summed E-state index contributed by atoms with van der Waals surface area (Å²) in [5.74, 6) is 2.39. The third kappa shape index (κ3) is 3.88. The number of nitrogens with one attached hydrogen (secondary N) is 2. The maximum absolute atomic E-state index is 5.02. The normalized spacial score (nSPS) is 11.4. The van der Waals surface area contributed by atoms with Gasteiger partial charge in [0.25, 0.3) is 0 Å². The molecular weight excluding hydrogens is 611 g/mol. The van der Waals surface area contributed by atoms with Crippen molar-refractivity contribution >= 4 is 44.1 Å². The number of rotatable bonds is 0. The van der Waals surface area contributed by atoms with E-state index in [2.05, 4.69) is 9.97 Å². The maximum Gasteiger partial charge on any atom is 0.164 e. The molecule has 2 N–H and O–H groups in total. The van der Waals surface area contributed by atoms with Crippen molar-refractivity contribution in [1.82, 2.24) is 39.9 Å². The molecule has 0 aliphatic carbocycles. The topological polar surface area (TPSA) is 109 Å². The summed E-state index contributed by atoms with van der Waals surface area (Å²) in [6.45, 7) is 0. The summed E-state index contributed by atoms with van der Waals surface area (Å²) < 4.78 is 0. The van der Waals surface area contributed by atoms with Gasteiger partial charge in [-0.2, -0.15) is 0 Å². The van der Waals surface area contributed by atoms with Crippen LogP contribution >= 0.6 is 0 Å². The minimum Gasteiger partial charge on any atom is -0.324 e. The Morgan fingerprint density at radius 1 is 0.333 bits per heavy atom. The van der Waals surface area contributed by atoms with Crippen LogP contribution in [-0.2, 0) is 33.8 Å². The molecule has 42 heavy (non-hydrogen) atoms. The zero-order valence-corrected chi connectivity index (χ0v) is 23.8. The molecule has 0 saturated heterocycles. The van der Waals surface area contributed by atoms with E-state index in [9.17, 15) is 0 Å². The van der Waals surface area contributed by atoms with E-state index >= 15 is 0 Å². The zero-order valence-electron chi connectivity index (χ0n) is 21.6. The number of benzene rings is 4. The van der Waals surface area contributed by atoms with E-state index in [1.165, 1.54) is 0 Å². The second kappa shape index (κ2) is 9.97. The first-order chi connectivity index (χ1) is 19.8. The molecule has 0 spiro atoms. The Morgan fingerprint density at radius 2 is 0.571 bits per heavy atom. The van der Waals surface area contributed by atoms with Crippen LogP contribution < -0.4 is 0 Å². The van der Waals surface area contributed by atoms with Gasteiger partial charge in [-0.3, -0.25) is 0 Å². The van der Waals surface area contributed by atoms with E-state index < -0.39 is 0 Å². The van der Waals surface area contributed by atoms with Gasteiger partial charge >= 0.3 is 0 Å². The van der Waals surface area contributed by atoms with Gasteiger partial charge in [0.05, 0.1) is 0 Å². The molecule has 3 aromatic heterocycles. The number of hydrogen-bond acceptors (Lipinski definition) is 6. The van der Waals surface area contributed by atoms with Gasteiger partial charge in [0, 0.05) is 77.6 Å². The van der Waals surface area contributed by atoms with Crippen molar-refractivity contribution in [2.45, 2.75) is 0 Å². The minimum atomic E-state index is 0. The summed E-state index contributed by atoms with van der Waals surface area (Å²) in [6, 6.07) is 32.2. The Kier molecular flexibility index (Phi) is 6.21. The Balaban J connectivity index is 0.00000144. The zero-order chi connectivity index (χ0) is 26.2. The Hall–Kier alpha value is -4.73. The van der Waals surface area contributed by atoms with Gasteiger partial charge in [-0.05, 0) is 0 Å². The van der Waals surface area contributed by atoms with Crippen LogP contribution in [0.3, 0.4) is 0 Å². The van der Waals surface area contributed by atoms with Crippen LogP contribution in [0, 0.1) is 0 Å². The fourth-order valence-corrected chi connectivity index (χ4v) is 5.59. The average Bonchev–Trinajstić information content (AvgIpc) is 3.73. The molecule has 0 fully saturated rings. The third-order valence-corrected chi connectivity index (χ3v) is 7.46. The summed E-state index contributed by atoms with van der Waals surface area (Å²) >= 11 is 0. The number of nitrogens with zero attached hydrogens (tertiary/aromatic N) is 6. The number of aromatic amines is 2. The molecule has 8 nitrogen and oxygen atoms in total. The second-order valence-electron chi connectivity index (χ2n) is 9.79. The van der Waals surface area contributed by atoms with Gasteiger partial charge < -0.3 is 9.97 Å². The summed E-state index contributed by atoms with van der Waals surface area (Å²) in [4.78, 5) is 36.8. The second-order valence-corrected chi connectivity index (χ2v) is 9.79. The van der Waals surface area contributed by atoms with E-state index in [1.54, 1.807) is 0 Å². The third-order valence-electron chi connectivity index (χ3n) is 7.46. The number of H-pyrrole nitrogens is 2. The predicted molar refractivity (Wildman–Crippen MR) is 156 cm³/mol. The Bertz CT molecular complexity index is 2040. The number of fused-ring (bicyclic) bond motifs is 20. The molecule has 0 amide bonds. The Morgan fingerprint density at radius 3 is 0.833 bits per heavy atom. The predicted octanol–water partition coefficient (Wildman–Crippen LogP) is 6.86. The molecule has 2 aliphatic rings.